The van der Waals surface area contributed by atoms with Gasteiger partial charge in [-0.1, -0.05) is 6.07 Å². The zero-order chi connectivity index (χ0) is 26.4. The van der Waals surface area contributed by atoms with Gasteiger partial charge in [0.05, 0.1) is 0 Å². The first-order valence-corrected chi connectivity index (χ1v) is 11.1. The van der Waals surface area contributed by atoms with Gasteiger partial charge in [0.2, 0.25) is 0 Å². The number of nitriles is 1. The van der Waals surface area contributed by atoms with Crippen LogP contribution < -0.4 is 30.7 Å². The molecule has 0 atom stereocenters. The maximum Gasteiger partial charge on any atom is 0.412 e. The Morgan fingerprint density at radius 3 is 2.46 bits per heavy atom. The first-order valence-electron chi connectivity index (χ1n) is 10.3. The molecule has 2 aromatic rings. The van der Waals surface area contributed by atoms with Crippen LogP contribution in [0.4, 0.5) is 29.3 Å². The largest absolute Gasteiger partial charge is 0.444 e. The third kappa shape index (κ3) is 8.18. The third-order valence-electron chi connectivity index (χ3n) is 4.10. The number of aromatic nitrogens is 1. The van der Waals surface area contributed by atoms with Gasteiger partial charge >= 0.3 is 12.3 Å². The van der Waals surface area contributed by atoms with E-state index >= 15 is 0 Å². The number of alkyl halides is 3. The zero-order valence-electron chi connectivity index (χ0n) is 19.4. The van der Waals surface area contributed by atoms with Crippen LogP contribution in [0, 0.1) is 11.3 Å². The Morgan fingerprint density at radius 1 is 1.23 bits per heavy atom. The predicted octanol–water partition coefficient (Wildman–Crippen LogP) is 2.48. The lowest BCUT2D eigenvalue weighted by Gasteiger charge is -2.19. The SMILES string of the molecule is CCn1c(=C(C#N)C(=O)NCC(F)(F)F)sc(=CNc2cccc(NC(=O)OC(C)(C)C)c2)c1=O. The number of nitrogens with zero attached hydrogens (tertiary/aromatic N) is 2. The summed E-state index contributed by atoms with van der Waals surface area (Å²) >= 11 is 0.787. The summed E-state index contributed by atoms with van der Waals surface area (Å²) in [6.07, 6.45) is -3.94. The summed E-state index contributed by atoms with van der Waals surface area (Å²) in [4.78, 5) is 36.9. The normalized spacial score (nSPS) is 13.0. The van der Waals surface area contributed by atoms with Crippen LogP contribution in [0.3, 0.4) is 0 Å². The molecule has 1 heterocycles. The fraction of sp³-hybridized carbons (Fsp3) is 0.364. The molecule has 2 rings (SSSR count). The number of carbonyl (C=O) groups excluding carboxylic acids is 2. The number of benzene rings is 1. The summed E-state index contributed by atoms with van der Waals surface area (Å²) < 4.78 is 43.7. The second-order valence-electron chi connectivity index (χ2n) is 8.10. The lowest BCUT2D eigenvalue weighted by molar-refractivity contribution is -0.135. The molecule has 3 N–H and O–H groups in total. The number of anilines is 2. The summed E-state index contributed by atoms with van der Waals surface area (Å²) in [5.74, 6) is -1.23. The van der Waals surface area contributed by atoms with E-state index in [1.165, 1.54) is 6.20 Å². The minimum Gasteiger partial charge on any atom is -0.444 e. The number of nitrogens with one attached hydrogen (secondary N) is 3. The molecule has 0 radical (unpaired) electrons. The van der Waals surface area contributed by atoms with E-state index in [-0.39, 0.29) is 15.7 Å². The molecule has 188 valence electrons. The van der Waals surface area contributed by atoms with Crippen molar-refractivity contribution in [1.29, 1.82) is 5.26 Å². The zero-order valence-corrected chi connectivity index (χ0v) is 20.2. The number of rotatable bonds is 6. The van der Waals surface area contributed by atoms with E-state index in [2.05, 4.69) is 10.6 Å². The van der Waals surface area contributed by atoms with Crippen LogP contribution >= 0.6 is 11.3 Å². The van der Waals surface area contributed by atoms with E-state index in [1.807, 2.05) is 0 Å². The van der Waals surface area contributed by atoms with Gasteiger partial charge in [-0.15, -0.1) is 11.3 Å². The highest BCUT2D eigenvalue weighted by molar-refractivity contribution is 7.07. The maximum atomic E-state index is 12.7. The number of carbonyl (C=O) groups is 2. The van der Waals surface area contributed by atoms with Crippen molar-refractivity contribution < 1.29 is 27.5 Å². The van der Waals surface area contributed by atoms with Crippen molar-refractivity contribution in [3.8, 4) is 6.07 Å². The lowest BCUT2D eigenvalue weighted by atomic mass is 10.2. The van der Waals surface area contributed by atoms with E-state index in [4.69, 9.17) is 4.74 Å². The van der Waals surface area contributed by atoms with Crippen molar-refractivity contribution in [1.82, 2.24) is 9.88 Å². The molecule has 0 saturated carbocycles. The van der Waals surface area contributed by atoms with Gasteiger partial charge in [-0.2, -0.15) is 18.4 Å². The second-order valence-corrected chi connectivity index (χ2v) is 9.13. The Balaban J connectivity index is 2.36. The second kappa shape index (κ2) is 11.1. The predicted molar refractivity (Wildman–Crippen MR) is 126 cm³/mol. The molecule has 2 amide bonds. The Bertz CT molecular complexity index is 1320. The van der Waals surface area contributed by atoms with E-state index in [0.29, 0.717) is 11.4 Å². The lowest BCUT2D eigenvalue weighted by Crippen LogP contribution is -2.37. The third-order valence-corrected chi connectivity index (χ3v) is 5.23. The molecule has 0 aliphatic heterocycles. The molecule has 0 unspecified atom stereocenters. The topological polar surface area (TPSA) is 125 Å². The van der Waals surface area contributed by atoms with Crippen molar-refractivity contribution in [3.05, 3.63) is 43.8 Å². The molecular formula is C22H24F3N5O4S. The number of hydrogen-bond acceptors (Lipinski definition) is 7. The van der Waals surface area contributed by atoms with Crippen molar-refractivity contribution >= 4 is 46.5 Å². The highest BCUT2D eigenvalue weighted by Gasteiger charge is 2.29. The van der Waals surface area contributed by atoms with Crippen LogP contribution in [0.2, 0.25) is 0 Å². The maximum absolute atomic E-state index is 12.7. The molecule has 35 heavy (non-hydrogen) atoms. The van der Waals surface area contributed by atoms with Crippen molar-refractivity contribution in [2.75, 3.05) is 17.2 Å². The number of halogens is 3. The average Bonchev–Trinajstić information content (AvgIpc) is 3.04. The van der Waals surface area contributed by atoms with Crippen LogP contribution in [0.15, 0.2) is 29.1 Å². The Hall–Kier alpha value is -3.79. The molecule has 0 fully saturated rings. The van der Waals surface area contributed by atoms with Gasteiger partial charge in [0, 0.05) is 24.1 Å². The average molecular weight is 512 g/mol. The van der Waals surface area contributed by atoms with E-state index in [1.54, 1.807) is 63.3 Å². The number of ether oxygens (including phenoxy) is 1. The Labute approximate surface area is 202 Å². The fourth-order valence-electron chi connectivity index (χ4n) is 2.71. The summed E-state index contributed by atoms with van der Waals surface area (Å²) in [6.45, 7) is 5.27. The molecule has 0 bridgehead atoms. The molecule has 0 spiro atoms. The van der Waals surface area contributed by atoms with Crippen LogP contribution in [0.25, 0.3) is 11.8 Å². The quantitative estimate of drug-likeness (QED) is 0.547. The van der Waals surface area contributed by atoms with Gasteiger partial charge in [-0.05, 0) is 45.9 Å². The molecule has 9 nitrogen and oxygen atoms in total. The highest BCUT2D eigenvalue weighted by Crippen LogP contribution is 2.17. The van der Waals surface area contributed by atoms with Gasteiger partial charge in [0.1, 0.15) is 27.4 Å². The van der Waals surface area contributed by atoms with Crippen molar-refractivity contribution in [2.45, 2.75) is 46.0 Å². The van der Waals surface area contributed by atoms with Gasteiger partial charge in [0.25, 0.3) is 11.5 Å². The molecule has 0 aliphatic carbocycles. The number of thiazole rings is 1. The fourth-order valence-corrected chi connectivity index (χ4v) is 3.80. The first-order chi connectivity index (χ1) is 16.2. The van der Waals surface area contributed by atoms with Crippen LogP contribution in [0.1, 0.15) is 27.7 Å². The van der Waals surface area contributed by atoms with Crippen LogP contribution in [0.5, 0.6) is 0 Å². The molecule has 0 saturated heterocycles. The summed E-state index contributed by atoms with van der Waals surface area (Å²) in [5.41, 5.74) is -0.867. The summed E-state index contributed by atoms with van der Waals surface area (Å²) in [6, 6.07) is 8.13. The minimum atomic E-state index is -4.65. The van der Waals surface area contributed by atoms with Crippen LogP contribution in [-0.2, 0) is 16.1 Å². The summed E-state index contributed by atoms with van der Waals surface area (Å²) in [5, 5.41) is 16.5. The molecule has 1 aromatic carbocycles. The summed E-state index contributed by atoms with van der Waals surface area (Å²) in [7, 11) is 0. The van der Waals surface area contributed by atoms with Gasteiger partial charge in [-0.3, -0.25) is 19.5 Å². The molecular weight excluding hydrogens is 487 g/mol. The highest BCUT2D eigenvalue weighted by atomic mass is 32.1. The number of amides is 2. The number of hydrogen-bond donors (Lipinski definition) is 3. The van der Waals surface area contributed by atoms with Crippen LogP contribution in [-0.4, -0.2) is 34.9 Å². The van der Waals surface area contributed by atoms with Crippen molar-refractivity contribution in [2.24, 2.45) is 0 Å². The van der Waals surface area contributed by atoms with E-state index in [9.17, 15) is 32.8 Å². The standard InChI is InChI=1S/C22H24F3N5O4S/c1-5-30-18(32)16(35-19(30)15(10-26)17(31)28-12-22(23,24)25)11-27-13-7-6-8-14(9-13)29-20(33)34-21(2,3)4/h6-9,11,27H,5,12H2,1-4H3,(H,28,31)(H,29,33). The van der Waals surface area contributed by atoms with Gasteiger partial charge in [0.15, 0.2) is 5.57 Å². The first kappa shape index (κ1) is 27.5. The van der Waals surface area contributed by atoms with E-state index in [0.717, 1.165) is 15.9 Å². The van der Waals surface area contributed by atoms with Gasteiger partial charge in [-0.25, -0.2) is 4.79 Å². The van der Waals surface area contributed by atoms with Gasteiger partial charge < -0.3 is 15.4 Å². The minimum absolute atomic E-state index is 0.0620. The Morgan fingerprint density at radius 2 is 1.89 bits per heavy atom. The van der Waals surface area contributed by atoms with Crippen molar-refractivity contribution in [3.63, 3.8) is 0 Å². The molecule has 0 aliphatic rings. The molecule has 13 heteroatoms. The monoisotopic (exact) mass is 511 g/mol. The molecule has 1 aromatic heterocycles. The Kier molecular flexibility index (Phi) is 8.70. The smallest absolute Gasteiger partial charge is 0.412 e. The van der Waals surface area contributed by atoms with E-state index < -0.39 is 41.5 Å².